The lowest BCUT2D eigenvalue weighted by molar-refractivity contribution is 0.232. The molecule has 1 aromatic heterocycles. The van der Waals surface area contributed by atoms with Crippen LogP contribution in [0.15, 0.2) is 41.7 Å². The van der Waals surface area contributed by atoms with Crippen LogP contribution in [0.2, 0.25) is 10.0 Å². The van der Waals surface area contributed by atoms with E-state index in [1.54, 1.807) is 19.2 Å². The standard InChI is InChI=1S/C24H25Cl2N5O2S/c1-3-31-7-6-18-22(11-31)34-23(30-18)12-33-21-10-19-15(9-20(21)32-2)24(28-13-27-19)29-14-4-5-16(25)17(26)8-14/h4-5,8-10,13,18,22H,3,6-7,11-12H2,1-2H3,(H,27,28,29). The molecule has 3 heterocycles. The fraction of sp³-hybridized carbons (Fsp3) is 0.375. The van der Waals surface area contributed by atoms with Gasteiger partial charge < -0.3 is 19.7 Å². The van der Waals surface area contributed by atoms with E-state index in [-0.39, 0.29) is 0 Å². The Morgan fingerprint density at radius 3 is 2.82 bits per heavy atom. The lowest BCUT2D eigenvalue weighted by Gasteiger charge is -2.32. The van der Waals surface area contributed by atoms with Gasteiger partial charge in [0.25, 0.3) is 0 Å². The zero-order valence-corrected chi connectivity index (χ0v) is 21.3. The van der Waals surface area contributed by atoms with Crippen molar-refractivity contribution in [2.45, 2.75) is 24.6 Å². The molecule has 2 aromatic carbocycles. The number of nitrogens with zero attached hydrogens (tertiary/aromatic N) is 4. The van der Waals surface area contributed by atoms with Gasteiger partial charge in [0.1, 0.15) is 23.8 Å². The fourth-order valence-electron chi connectivity index (χ4n) is 4.27. The van der Waals surface area contributed by atoms with E-state index >= 15 is 0 Å². The van der Waals surface area contributed by atoms with Crippen LogP contribution in [0.4, 0.5) is 11.5 Å². The number of benzene rings is 2. The van der Waals surface area contributed by atoms with E-state index in [0.717, 1.165) is 47.7 Å². The highest BCUT2D eigenvalue weighted by atomic mass is 35.5. The highest BCUT2D eigenvalue weighted by Gasteiger charge is 2.35. The summed E-state index contributed by atoms with van der Waals surface area (Å²) in [5, 5.41) is 6.61. The predicted molar refractivity (Wildman–Crippen MR) is 141 cm³/mol. The molecule has 2 aliphatic heterocycles. The summed E-state index contributed by atoms with van der Waals surface area (Å²) in [6.45, 7) is 5.93. The molecule has 7 nitrogen and oxygen atoms in total. The van der Waals surface area contributed by atoms with Crippen molar-refractivity contribution in [2.24, 2.45) is 4.99 Å². The summed E-state index contributed by atoms with van der Waals surface area (Å²) in [7, 11) is 1.62. The molecule has 2 unspecified atom stereocenters. The van der Waals surface area contributed by atoms with E-state index in [4.69, 9.17) is 37.7 Å². The van der Waals surface area contributed by atoms with Crippen LogP contribution in [-0.2, 0) is 0 Å². The molecule has 1 saturated heterocycles. The maximum absolute atomic E-state index is 6.16. The molecule has 2 aliphatic rings. The van der Waals surface area contributed by atoms with Crippen LogP contribution < -0.4 is 14.8 Å². The lowest BCUT2D eigenvalue weighted by atomic mass is 10.1. The van der Waals surface area contributed by atoms with Gasteiger partial charge in [-0.25, -0.2) is 9.97 Å². The first kappa shape index (κ1) is 23.5. The number of halogens is 2. The fourth-order valence-corrected chi connectivity index (χ4v) is 5.88. The van der Waals surface area contributed by atoms with Crippen molar-refractivity contribution in [1.29, 1.82) is 0 Å². The van der Waals surface area contributed by atoms with Gasteiger partial charge in [-0.1, -0.05) is 30.1 Å². The minimum Gasteiger partial charge on any atom is -0.493 e. The maximum Gasteiger partial charge on any atom is 0.163 e. The Morgan fingerprint density at radius 2 is 2.03 bits per heavy atom. The number of aromatic nitrogens is 2. The molecular formula is C24H25Cl2N5O2S. The number of aliphatic imine (C=N–C) groups is 1. The van der Waals surface area contributed by atoms with Gasteiger partial charge in [-0.05, 0) is 37.2 Å². The van der Waals surface area contributed by atoms with E-state index in [1.807, 2.05) is 30.0 Å². The van der Waals surface area contributed by atoms with Crippen LogP contribution in [0.25, 0.3) is 10.9 Å². The summed E-state index contributed by atoms with van der Waals surface area (Å²) in [5.74, 6) is 1.87. The highest BCUT2D eigenvalue weighted by Crippen LogP contribution is 2.37. The molecule has 1 N–H and O–H groups in total. The van der Waals surface area contributed by atoms with Crippen LogP contribution in [0.3, 0.4) is 0 Å². The monoisotopic (exact) mass is 517 g/mol. The summed E-state index contributed by atoms with van der Waals surface area (Å²) in [6.07, 6.45) is 2.62. The van der Waals surface area contributed by atoms with Crippen molar-refractivity contribution >= 4 is 62.4 Å². The third kappa shape index (κ3) is 4.91. The highest BCUT2D eigenvalue weighted by molar-refractivity contribution is 8.14. The van der Waals surface area contributed by atoms with Crippen molar-refractivity contribution in [3.63, 3.8) is 0 Å². The van der Waals surface area contributed by atoms with Gasteiger partial charge in [0.2, 0.25) is 0 Å². The molecule has 2 atom stereocenters. The van der Waals surface area contributed by atoms with Gasteiger partial charge in [0, 0.05) is 35.5 Å². The quantitative estimate of drug-likeness (QED) is 0.432. The first-order valence-electron chi connectivity index (χ1n) is 11.2. The van der Waals surface area contributed by atoms with Crippen LogP contribution in [0.5, 0.6) is 11.5 Å². The summed E-state index contributed by atoms with van der Waals surface area (Å²) in [6, 6.07) is 9.49. The zero-order valence-electron chi connectivity index (χ0n) is 18.9. The number of anilines is 2. The van der Waals surface area contributed by atoms with Crippen molar-refractivity contribution in [3.8, 4) is 11.5 Å². The van der Waals surface area contributed by atoms with Crippen molar-refractivity contribution < 1.29 is 9.47 Å². The van der Waals surface area contributed by atoms with E-state index < -0.39 is 0 Å². The number of fused-ring (bicyclic) bond motifs is 2. The van der Waals surface area contributed by atoms with Gasteiger partial charge in [-0.15, -0.1) is 11.8 Å². The summed E-state index contributed by atoms with van der Waals surface area (Å²) in [5.41, 5.74) is 1.51. The van der Waals surface area contributed by atoms with Crippen molar-refractivity contribution in [2.75, 3.05) is 38.7 Å². The van der Waals surface area contributed by atoms with Gasteiger partial charge >= 0.3 is 0 Å². The maximum atomic E-state index is 6.16. The Labute approximate surface area is 212 Å². The lowest BCUT2D eigenvalue weighted by Crippen LogP contribution is -2.42. The van der Waals surface area contributed by atoms with E-state index in [9.17, 15) is 0 Å². The summed E-state index contributed by atoms with van der Waals surface area (Å²) >= 11 is 14.0. The summed E-state index contributed by atoms with van der Waals surface area (Å²) in [4.78, 5) is 16.2. The third-order valence-corrected chi connectivity index (χ3v) is 8.11. The SMILES string of the molecule is CCN1CCC2N=C(COc3cc4ncnc(Nc5ccc(Cl)c(Cl)c5)c4cc3OC)SC2C1. The van der Waals surface area contributed by atoms with Gasteiger partial charge in [0.15, 0.2) is 11.5 Å². The Bertz CT molecular complexity index is 1240. The Kier molecular flexibility index (Phi) is 7.01. The van der Waals surface area contributed by atoms with Crippen LogP contribution in [0.1, 0.15) is 13.3 Å². The van der Waals surface area contributed by atoms with Crippen LogP contribution in [-0.4, -0.2) is 64.6 Å². The molecule has 0 spiro atoms. The molecule has 178 valence electrons. The number of nitrogens with one attached hydrogen (secondary N) is 1. The van der Waals surface area contributed by atoms with Crippen LogP contribution >= 0.6 is 35.0 Å². The molecule has 0 saturated carbocycles. The molecule has 0 radical (unpaired) electrons. The number of ether oxygens (including phenoxy) is 2. The Hall–Kier alpha value is -2.26. The second-order valence-electron chi connectivity index (χ2n) is 8.21. The predicted octanol–water partition coefficient (Wildman–Crippen LogP) is 5.68. The molecule has 10 heteroatoms. The number of hydrogen-bond donors (Lipinski definition) is 1. The first-order chi connectivity index (χ1) is 16.5. The molecule has 1 fully saturated rings. The van der Waals surface area contributed by atoms with Crippen LogP contribution in [0, 0.1) is 0 Å². The van der Waals surface area contributed by atoms with Crippen molar-refractivity contribution in [1.82, 2.24) is 14.9 Å². The average Bonchev–Trinajstić information content (AvgIpc) is 3.26. The Balaban J connectivity index is 1.34. The van der Waals surface area contributed by atoms with Gasteiger partial charge in [-0.3, -0.25) is 4.99 Å². The Morgan fingerprint density at radius 1 is 1.15 bits per heavy atom. The zero-order chi connectivity index (χ0) is 23.7. The largest absolute Gasteiger partial charge is 0.493 e. The van der Waals surface area contributed by atoms with Gasteiger partial charge in [-0.2, -0.15) is 0 Å². The van der Waals surface area contributed by atoms with Crippen molar-refractivity contribution in [3.05, 3.63) is 46.7 Å². The molecular weight excluding hydrogens is 493 g/mol. The number of hydrogen-bond acceptors (Lipinski definition) is 8. The number of piperidine rings is 1. The molecule has 0 amide bonds. The molecule has 0 aliphatic carbocycles. The second kappa shape index (κ2) is 10.2. The number of methoxy groups -OCH3 is 1. The molecule has 3 aromatic rings. The van der Waals surface area contributed by atoms with E-state index in [1.165, 1.54) is 6.33 Å². The minimum absolute atomic E-state index is 0.396. The topological polar surface area (TPSA) is 71.9 Å². The minimum atomic E-state index is 0.396. The summed E-state index contributed by atoms with van der Waals surface area (Å²) < 4.78 is 11.8. The second-order valence-corrected chi connectivity index (χ2v) is 10.3. The third-order valence-electron chi connectivity index (χ3n) is 6.11. The first-order valence-corrected chi connectivity index (χ1v) is 12.8. The molecule has 0 bridgehead atoms. The van der Waals surface area contributed by atoms with E-state index in [2.05, 4.69) is 27.1 Å². The van der Waals surface area contributed by atoms with Gasteiger partial charge in [0.05, 0.1) is 28.7 Å². The van der Waals surface area contributed by atoms with E-state index in [0.29, 0.717) is 45.3 Å². The smallest absolute Gasteiger partial charge is 0.163 e. The average molecular weight is 518 g/mol. The molecule has 5 rings (SSSR count). The normalized spacial score (nSPS) is 20.2. The number of thioether (sulfide) groups is 1. The number of likely N-dealkylation sites (tertiary alicyclic amines) is 1. The molecule has 34 heavy (non-hydrogen) atoms. The number of rotatable bonds is 7.